The summed E-state index contributed by atoms with van der Waals surface area (Å²) in [6.45, 7) is 4.69. The number of aryl methyl sites for hydroxylation is 1. The molecule has 0 radical (unpaired) electrons. The Bertz CT molecular complexity index is 1650. The van der Waals surface area contributed by atoms with Crippen molar-refractivity contribution >= 4 is 39.8 Å². The van der Waals surface area contributed by atoms with Crippen LogP contribution in [-0.2, 0) is 21.5 Å². The molecule has 0 spiro atoms. The van der Waals surface area contributed by atoms with E-state index in [1.807, 2.05) is 37.3 Å². The number of ketones is 2. The van der Waals surface area contributed by atoms with Crippen molar-refractivity contribution in [2.24, 2.45) is 0 Å². The molecule has 5 rings (SSSR count). The first-order valence-corrected chi connectivity index (χ1v) is 12.2. The van der Waals surface area contributed by atoms with Gasteiger partial charge in [-0.25, -0.2) is 0 Å². The molecule has 3 N–H and O–H groups in total. The van der Waals surface area contributed by atoms with Crippen molar-refractivity contribution < 1.29 is 34.1 Å². The van der Waals surface area contributed by atoms with E-state index in [1.54, 1.807) is 0 Å². The van der Waals surface area contributed by atoms with Crippen LogP contribution in [0.4, 0.5) is 0 Å². The van der Waals surface area contributed by atoms with Gasteiger partial charge < -0.3 is 25.0 Å². The predicted octanol–water partition coefficient (Wildman–Crippen LogP) is 4.96. The predicted molar refractivity (Wildman–Crippen MR) is 141 cm³/mol. The lowest BCUT2D eigenvalue weighted by Crippen LogP contribution is -2.38. The summed E-state index contributed by atoms with van der Waals surface area (Å²) < 4.78 is 11.3. The minimum absolute atomic E-state index is 0.0130. The van der Waals surface area contributed by atoms with Crippen LogP contribution in [0.5, 0.6) is 17.2 Å². The van der Waals surface area contributed by atoms with Gasteiger partial charge in [-0.15, -0.1) is 0 Å². The molecule has 1 heterocycles. The molecule has 3 aromatic rings. The zero-order chi connectivity index (χ0) is 27.5. The molecule has 3 aromatic carbocycles. The summed E-state index contributed by atoms with van der Waals surface area (Å²) in [6.07, 6.45) is 1.16. The highest BCUT2D eigenvalue weighted by Gasteiger charge is 2.55. The smallest absolute Gasteiger partial charge is 0.259 e. The Morgan fingerprint density at radius 1 is 1.16 bits per heavy atom. The third-order valence-electron chi connectivity index (χ3n) is 7.19. The van der Waals surface area contributed by atoms with Crippen LogP contribution in [0.3, 0.4) is 0 Å². The second-order valence-electron chi connectivity index (χ2n) is 9.44. The first-order valence-electron chi connectivity index (χ1n) is 11.8. The van der Waals surface area contributed by atoms with Gasteiger partial charge in [0.1, 0.15) is 39.6 Å². The van der Waals surface area contributed by atoms with Crippen molar-refractivity contribution in [1.82, 2.24) is 5.32 Å². The van der Waals surface area contributed by atoms with Crippen molar-refractivity contribution in [3.63, 3.8) is 0 Å². The van der Waals surface area contributed by atoms with E-state index < -0.39 is 34.2 Å². The largest absolute Gasteiger partial charge is 0.507 e. The number of halogens is 1. The van der Waals surface area contributed by atoms with E-state index in [4.69, 9.17) is 21.1 Å². The lowest BCUT2D eigenvalue weighted by molar-refractivity contribution is -0.123. The minimum Gasteiger partial charge on any atom is -0.507 e. The van der Waals surface area contributed by atoms with E-state index in [1.165, 1.54) is 20.1 Å². The zero-order valence-electron chi connectivity index (χ0n) is 21.1. The topological polar surface area (TPSA) is 122 Å². The van der Waals surface area contributed by atoms with E-state index in [0.29, 0.717) is 5.02 Å². The van der Waals surface area contributed by atoms with Crippen LogP contribution in [0, 0.1) is 6.92 Å². The summed E-state index contributed by atoms with van der Waals surface area (Å²) in [5, 5.41) is 26.5. The number of fused-ring (bicyclic) bond motifs is 4. The van der Waals surface area contributed by atoms with E-state index in [9.17, 15) is 24.6 Å². The molecule has 0 unspecified atom stereocenters. The number of aliphatic hydroxyl groups excluding tert-OH is 1. The van der Waals surface area contributed by atoms with Crippen LogP contribution in [-0.4, -0.2) is 34.8 Å². The lowest BCUT2D eigenvalue weighted by atomic mass is 9.71. The van der Waals surface area contributed by atoms with Gasteiger partial charge in [-0.05, 0) is 43.4 Å². The molecule has 0 fully saturated rings. The number of carbonyl (C=O) groups excluding carboxylic acids is 3. The maximum atomic E-state index is 13.6. The number of carbonyl (C=O) groups is 3. The maximum Gasteiger partial charge on any atom is 0.259 e. The Hall–Kier alpha value is -4.30. The maximum absolute atomic E-state index is 13.6. The first-order chi connectivity index (χ1) is 18.0. The normalized spacial score (nSPS) is 18.0. The molecular formula is C29H24ClNO7. The van der Waals surface area contributed by atoms with Gasteiger partial charge in [0.05, 0.1) is 12.7 Å². The Labute approximate surface area is 223 Å². The average molecular weight is 534 g/mol. The first kappa shape index (κ1) is 25.4. The number of phenolic OH excluding ortho intramolecular Hbond substituents is 1. The molecule has 38 heavy (non-hydrogen) atoms. The molecule has 1 aliphatic carbocycles. The summed E-state index contributed by atoms with van der Waals surface area (Å²) in [6, 6.07) is 10.7. The number of ether oxygens (including phenoxy) is 2. The number of benzene rings is 3. The monoisotopic (exact) mass is 533 g/mol. The van der Waals surface area contributed by atoms with Gasteiger partial charge in [0.25, 0.3) is 5.91 Å². The molecule has 0 bridgehead atoms. The average Bonchev–Trinajstić information content (AvgIpc) is 3.17. The van der Waals surface area contributed by atoms with Crippen LogP contribution >= 0.6 is 11.6 Å². The Morgan fingerprint density at radius 2 is 1.84 bits per heavy atom. The van der Waals surface area contributed by atoms with E-state index in [2.05, 4.69) is 5.32 Å². The summed E-state index contributed by atoms with van der Waals surface area (Å²) in [5.74, 6) is -2.91. The summed E-state index contributed by atoms with van der Waals surface area (Å²) in [5.41, 5.74) is -0.299. The Morgan fingerprint density at radius 3 is 2.50 bits per heavy atom. The second kappa shape index (κ2) is 8.92. The highest BCUT2D eigenvalue weighted by Crippen LogP contribution is 2.56. The number of hydrogen-bond donors (Lipinski definition) is 3. The number of Topliss-reactive ketones (excluding diaryl/α,β-unsaturated/α-hetero) is 2. The quantitative estimate of drug-likeness (QED) is 0.396. The van der Waals surface area contributed by atoms with Crippen LogP contribution in [0.25, 0.3) is 10.8 Å². The number of phenols is 1. The van der Waals surface area contributed by atoms with Gasteiger partial charge in [-0.1, -0.05) is 35.9 Å². The number of allylic oxidation sites excluding steroid dienone is 3. The number of rotatable bonds is 5. The summed E-state index contributed by atoms with van der Waals surface area (Å²) in [4.78, 5) is 39.2. The number of methoxy groups -OCH3 is 1. The van der Waals surface area contributed by atoms with Crippen molar-refractivity contribution in [3.05, 3.63) is 86.8 Å². The van der Waals surface area contributed by atoms with Gasteiger partial charge in [-0.3, -0.25) is 14.4 Å². The van der Waals surface area contributed by atoms with Crippen molar-refractivity contribution in [3.8, 4) is 17.2 Å². The molecule has 194 valence electrons. The molecule has 0 saturated carbocycles. The Balaban J connectivity index is 1.59. The number of amides is 1. The summed E-state index contributed by atoms with van der Waals surface area (Å²) in [7, 11) is 1.34. The fourth-order valence-corrected chi connectivity index (χ4v) is 5.56. The third-order valence-corrected chi connectivity index (χ3v) is 7.50. The number of aromatic hydroxyl groups is 1. The molecular weight excluding hydrogens is 510 g/mol. The van der Waals surface area contributed by atoms with Gasteiger partial charge in [-0.2, -0.15) is 0 Å². The van der Waals surface area contributed by atoms with Crippen LogP contribution < -0.4 is 14.8 Å². The highest BCUT2D eigenvalue weighted by molar-refractivity contribution is 6.35. The number of aliphatic hydroxyl groups is 1. The van der Waals surface area contributed by atoms with E-state index in [-0.39, 0.29) is 40.7 Å². The van der Waals surface area contributed by atoms with Gasteiger partial charge >= 0.3 is 0 Å². The number of nitrogens with one attached hydrogen (secondary N) is 1. The number of hydrogen-bond acceptors (Lipinski definition) is 7. The van der Waals surface area contributed by atoms with Gasteiger partial charge in [0.2, 0.25) is 0 Å². The second-order valence-corrected chi connectivity index (χ2v) is 9.85. The summed E-state index contributed by atoms with van der Waals surface area (Å²) >= 11 is 6.42. The molecule has 0 saturated heterocycles. The molecule has 8 nitrogen and oxygen atoms in total. The van der Waals surface area contributed by atoms with Gasteiger partial charge in [0, 0.05) is 29.1 Å². The molecule has 9 heteroatoms. The fraction of sp³-hybridized carbons (Fsp3) is 0.207. The molecule has 1 aliphatic heterocycles. The molecule has 1 atom stereocenters. The van der Waals surface area contributed by atoms with Crippen LogP contribution in [0.15, 0.2) is 59.6 Å². The molecule has 0 aromatic heterocycles. The lowest BCUT2D eigenvalue weighted by Gasteiger charge is -2.27. The van der Waals surface area contributed by atoms with E-state index in [0.717, 1.165) is 34.9 Å². The molecule has 1 amide bonds. The zero-order valence-corrected chi connectivity index (χ0v) is 21.8. The van der Waals surface area contributed by atoms with E-state index >= 15 is 0 Å². The van der Waals surface area contributed by atoms with Crippen molar-refractivity contribution in [1.29, 1.82) is 0 Å². The van der Waals surface area contributed by atoms with Crippen LogP contribution in [0.2, 0.25) is 5.02 Å². The Kier molecular flexibility index (Phi) is 5.95. The highest BCUT2D eigenvalue weighted by atomic mass is 35.5. The third kappa shape index (κ3) is 3.55. The fourth-order valence-electron chi connectivity index (χ4n) is 5.23. The van der Waals surface area contributed by atoms with Crippen molar-refractivity contribution in [2.75, 3.05) is 7.11 Å². The standard InChI is InChI=1S/C29H24ClNO7/c1-13-9-18(30)16-8-6-5-7-15(16)17(13)12-31-28(36)24-21(37-4)10-20(34)25-26(24)38-22-11-19(33)23(14(2)32)27(35)29(22,25)3/h5-11,33-34H,12H2,1-4H3,(H,31,36)/t29-/m1/s1. The van der Waals surface area contributed by atoms with Crippen LogP contribution in [0.1, 0.15) is 40.9 Å². The van der Waals surface area contributed by atoms with Gasteiger partial charge in [0.15, 0.2) is 17.3 Å². The minimum atomic E-state index is -1.63. The molecule has 2 aliphatic rings. The van der Waals surface area contributed by atoms with Crippen molar-refractivity contribution in [2.45, 2.75) is 32.7 Å². The SMILES string of the molecule is COc1cc(O)c2c(c1C(=O)NCc1c(C)cc(Cl)c3ccccc13)OC1=CC(O)=C(C(C)=O)C(=O)[C@]12C.